The molecule has 0 fully saturated rings. The summed E-state index contributed by atoms with van der Waals surface area (Å²) in [6.07, 6.45) is 3.08. The van der Waals surface area contributed by atoms with E-state index in [2.05, 4.69) is 31.9 Å². The average molecular weight is 221 g/mol. The van der Waals surface area contributed by atoms with Crippen molar-refractivity contribution >= 4 is 5.91 Å². The molecule has 1 amide bonds. The SMILES string of the molecule is Cc1nc(C(=O)NCC2=CCNCC2)n[nH]1. The number of nitrogens with one attached hydrogen (secondary N) is 3. The highest BCUT2D eigenvalue weighted by Crippen LogP contribution is 2.02. The van der Waals surface area contributed by atoms with Crippen molar-refractivity contribution in [3.05, 3.63) is 23.3 Å². The third kappa shape index (κ3) is 2.66. The standard InChI is InChI=1S/C10H15N5O/c1-7-13-9(15-14-7)10(16)12-6-8-2-4-11-5-3-8/h2,11H,3-6H2,1H3,(H,12,16)(H,13,14,15). The van der Waals surface area contributed by atoms with E-state index in [0.717, 1.165) is 19.5 Å². The van der Waals surface area contributed by atoms with Crippen molar-refractivity contribution < 1.29 is 4.79 Å². The first-order valence-corrected chi connectivity index (χ1v) is 5.31. The largest absolute Gasteiger partial charge is 0.346 e. The molecule has 0 unspecified atom stereocenters. The molecule has 1 aromatic rings. The number of carbonyl (C=O) groups is 1. The van der Waals surface area contributed by atoms with Crippen LogP contribution in [0.2, 0.25) is 0 Å². The van der Waals surface area contributed by atoms with Crippen LogP contribution in [0.1, 0.15) is 22.9 Å². The molecule has 0 saturated carbocycles. The van der Waals surface area contributed by atoms with Crippen LogP contribution in [0.3, 0.4) is 0 Å². The van der Waals surface area contributed by atoms with Crippen LogP contribution >= 0.6 is 0 Å². The summed E-state index contributed by atoms with van der Waals surface area (Å²) in [4.78, 5) is 15.6. The van der Waals surface area contributed by atoms with E-state index < -0.39 is 0 Å². The molecule has 86 valence electrons. The Balaban J connectivity index is 1.86. The van der Waals surface area contributed by atoms with Crippen LogP contribution in [0.5, 0.6) is 0 Å². The number of amides is 1. The molecule has 0 aromatic carbocycles. The highest BCUT2D eigenvalue weighted by atomic mass is 16.2. The summed E-state index contributed by atoms with van der Waals surface area (Å²) in [5.74, 6) is 0.613. The van der Waals surface area contributed by atoms with Gasteiger partial charge in [0.1, 0.15) is 5.82 Å². The number of hydrogen-bond donors (Lipinski definition) is 3. The predicted octanol–water partition coefficient (Wildman–Crippen LogP) is -0.237. The van der Waals surface area contributed by atoms with Gasteiger partial charge in [0.05, 0.1) is 0 Å². The number of rotatable bonds is 3. The summed E-state index contributed by atoms with van der Waals surface area (Å²) in [6.45, 7) is 4.19. The zero-order chi connectivity index (χ0) is 11.4. The maximum atomic E-state index is 11.6. The number of hydrogen-bond acceptors (Lipinski definition) is 4. The van der Waals surface area contributed by atoms with E-state index in [0.29, 0.717) is 12.4 Å². The first-order chi connectivity index (χ1) is 7.75. The van der Waals surface area contributed by atoms with Crippen LogP contribution < -0.4 is 10.6 Å². The van der Waals surface area contributed by atoms with E-state index in [1.54, 1.807) is 6.92 Å². The number of aromatic amines is 1. The maximum absolute atomic E-state index is 11.6. The van der Waals surface area contributed by atoms with E-state index in [-0.39, 0.29) is 11.7 Å². The molecule has 0 atom stereocenters. The lowest BCUT2D eigenvalue weighted by atomic mass is 10.1. The van der Waals surface area contributed by atoms with Crippen LogP contribution in [-0.4, -0.2) is 40.7 Å². The summed E-state index contributed by atoms with van der Waals surface area (Å²) >= 11 is 0. The fraction of sp³-hybridized carbons (Fsp3) is 0.500. The van der Waals surface area contributed by atoms with Gasteiger partial charge < -0.3 is 10.6 Å². The van der Waals surface area contributed by atoms with Gasteiger partial charge in [-0.05, 0) is 19.9 Å². The third-order valence-electron chi connectivity index (χ3n) is 2.43. The average Bonchev–Trinajstić information content (AvgIpc) is 2.74. The zero-order valence-electron chi connectivity index (χ0n) is 9.21. The quantitative estimate of drug-likeness (QED) is 0.615. The Morgan fingerprint density at radius 3 is 3.12 bits per heavy atom. The molecular formula is C10H15N5O. The van der Waals surface area contributed by atoms with Gasteiger partial charge in [0.2, 0.25) is 5.82 Å². The second-order valence-corrected chi connectivity index (χ2v) is 3.74. The molecule has 2 rings (SSSR count). The Hall–Kier alpha value is -1.69. The number of H-pyrrole nitrogens is 1. The van der Waals surface area contributed by atoms with Crippen molar-refractivity contribution in [2.75, 3.05) is 19.6 Å². The van der Waals surface area contributed by atoms with E-state index in [1.807, 2.05) is 0 Å². The number of aromatic nitrogens is 3. The minimum atomic E-state index is -0.233. The molecule has 3 N–H and O–H groups in total. The summed E-state index contributed by atoms with van der Waals surface area (Å²) in [5, 5.41) is 12.5. The molecule has 0 bridgehead atoms. The number of aryl methyl sites for hydroxylation is 1. The number of carbonyl (C=O) groups excluding carboxylic acids is 1. The Bertz CT molecular complexity index is 409. The molecule has 6 nitrogen and oxygen atoms in total. The van der Waals surface area contributed by atoms with E-state index in [4.69, 9.17) is 0 Å². The highest BCUT2D eigenvalue weighted by molar-refractivity contribution is 5.90. The summed E-state index contributed by atoms with van der Waals surface area (Å²) in [7, 11) is 0. The van der Waals surface area contributed by atoms with E-state index >= 15 is 0 Å². The first-order valence-electron chi connectivity index (χ1n) is 5.31. The molecule has 1 aromatic heterocycles. The molecule has 0 aliphatic carbocycles. The molecule has 0 spiro atoms. The summed E-state index contributed by atoms with van der Waals surface area (Å²) < 4.78 is 0. The second kappa shape index (κ2) is 4.89. The van der Waals surface area contributed by atoms with Gasteiger partial charge >= 0.3 is 0 Å². The van der Waals surface area contributed by atoms with Gasteiger partial charge in [0.25, 0.3) is 5.91 Å². The monoisotopic (exact) mass is 221 g/mol. The molecule has 0 saturated heterocycles. The van der Waals surface area contributed by atoms with Gasteiger partial charge in [-0.1, -0.05) is 11.6 Å². The third-order valence-corrected chi connectivity index (χ3v) is 2.43. The van der Waals surface area contributed by atoms with Gasteiger partial charge in [-0.2, -0.15) is 0 Å². The van der Waals surface area contributed by atoms with Gasteiger partial charge in [-0.15, -0.1) is 5.10 Å². The zero-order valence-corrected chi connectivity index (χ0v) is 9.21. The Labute approximate surface area is 93.5 Å². The topological polar surface area (TPSA) is 82.7 Å². The first kappa shape index (κ1) is 10.8. The van der Waals surface area contributed by atoms with Gasteiger partial charge in [-0.25, -0.2) is 4.98 Å². The molecule has 6 heteroatoms. The number of nitrogens with zero attached hydrogens (tertiary/aromatic N) is 2. The maximum Gasteiger partial charge on any atom is 0.291 e. The van der Waals surface area contributed by atoms with Crippen LogP contribution in [-0.2, 0) is 0 Å². The minimum absolute atomic E-state index is 0.201. The van der Waals surface area contributed by atoms with Crippen molar-refractivity contribution in [2.24, 2.45) is 0 Å². The lowest BCUT2D eigenvalue weighted by molar-refractivity contribution is 0.0946. The van der Waals surface area contributed by atoms with Crippen molar-refractivity contribution in [3.63, 3.8) is 0 Å². The Kier molecular flexibility index (Phi) is 3.31. The van der Waals surface area contributed by atoms with Crippen LogP contribution in [0, 0.1) is 6.92 Å². The lowest BCUT2D eigenvalue weighted by Gasteiger charge is -2.13. The molecular weight excluding hydrogens is 206 g/mol. The van der Waals surface area contributed by atoms with Crippen molar-refractivity contribution in [1.29, 1.82) is 0 Å². The molecule has 16 heavy (non-hydrogen) atoms. The summed E-state index contributed by atoms with van der Waals surface area (Å²) in [5.41, 5.74) is 1.25. The van der Waals surface area contributed by atoms with Gasteiger partial charge in [-0.3, -0.25) is 9.89 Å². The highest BCUT2D eigenvalue weighted by Gasteiger charge is 2.11. The van der Waals surface area contributed by atoms with E-state index in [1.165, 1.54) is 5.57 Å². The minimum Gasteiger partial charge on any atom is -0.346 e. The predicted molar refractivity (Wildman–Crippen MR) is 59.0 cm³/mol. The fourth-order valence-electron chi connectivity index (χ4n) is 1.55. The van der Waals surface area contributed by atoms with Crippen molar-refractivity contribution in [1.82, 2.24) is 25.8 Å². The molecule has 2 heterocycles. The van der Waals surface area contributed by atoms with E-state index in [9.17, 15) is 4.79 Å². The normalized spacial score (nSPS) is 15.7. The molecule has 1 aliphatic rings. The van der Waals surface area contributed by atoms with Crippen LogP contribution in [0.4, 0.5) is 0 Å². The van der Waals surface area contributed by atoms with Crippen molar-refractivity contribution in [3.8, 4) is 0 Å². The van der Waals surface area contributed by atoms with Crippen LogP contribution in [0.25, 0.3) is 0 Å². The second-order valence-electron chi connectivity index (χ2n) is 3.74. The Morgan fingerprint density at radius 2 is 2.50 bits per heavy atom. The van der Waals surface area contributed by atoms with Gasteiger partial charge in [0, 0.05) is 13.1 Å². The van der Waals surface area contributed by atoms with Crippen LogP contribution in [0.15, 0.2) is 11.6 Å². The smallest absolute Gasteiger partial charge is 0.291 e. The van der Waals surface area contributed by atoms with Crippen molar-refractivity contribution in [2.45, 2.75) is 13.3 Å². The summed E-state index contributed by atoms with van der Waals surface area (Å²) in [6, 6.07) is 0. The fourth-order valence-corrected chi connectivity index (χ4v) is 1.55. The Morgan fingerprint density at radius 1 is 1.62 bits per heavy atom. The van der Waals surface area contributed by atoms with Gasteiger partial charge in [0.15, 0.2) is 0 Å². The molecule has 1 aliphatic heterocycles. The lowest BCUT2D eigenvalue weighted by Crippen LogP contribution is -2.30. The molecule has 0 radical (unpaired) electrons.